The Labute approximate surface area is 209 Å². The number of hydrogen-bond acceptors (Lipinski definition) is 8. The van der Waals surface area contributed by atoms with Crippen LogP contribution in [0, 0.1) is 5.92 Å². The van der Waals surface area contributed by atoms with Crippen molar-refractivity contribution in [2.45, 2.75) is 31.3 Å². The van der Waals surface area contributed by atoms with Crippen molar-refractivity contribution in [3.8, 4) is 0 Å². The van der Waals surface area contributed by atoms with Crippen LogP contribution in [0.15, 0.2) is 23.0 Å². The second kappa shape index (κ2) is 9.49. The van der Waals surface area contributed by atoms with Gasteiger partial charge in [0.05, 0.1) is 11.0 Å². The van der Waals surface area contributed by atoms with Crippen molar-refractivity contribution in [3.05, 3.63) is 28.7 Å². The van der Waals surface area contributed by atoms with Crippen LogP contribution in [0.1, 0.15) is 18.9 Å². The number of imidazole rings is 1. The molecule has 2 aromatic rings. The summed E-state index contributed by atoms with van der Waals surface area (Å²) in [7, 11) is 1.64. The zero-order valence-electron chi connectivity index (χ0n) is 20.1. The van der Waals surface area contributed by atoms with E-state index in [9.17, 15) is 32.3 Å². The number of piperidine rings is 1. The number of imide groups is 1. The molecule has 3 atom stereocenters. The van der Waals surface area contributed by atoms with Crippen LogP contribution in [0.5, 0.6) is 0 Å². The van der Waals surface area contributed by atoms with Crippen molar-refractivity contribution in [2.24, 2.45) is 13.0 Å². The molecule has 3 unspecified atom stereocenters. The maximum absolute atomic E-state index is 13.0. The summed E-state index contributed by atoms with van der Waals surface area (Å²) < 4.78 is 44.8. The SMILES string of the molecule is Cn1c(=O)n(C2CCC(=O)NC2=O)c2ccc(N3CCN(CC4CNC4OC(=O)C(F)(F)F)CC3)cc21. The molecule has 0 saturated carbocycles. The number of benzene rings is 1. The third-order valence-corrected chi connectivity index (χ3v) is 7.30. The van der Waals surface area contributed by atoms with E-state index < -0.39 is 30.3 Å². The van der Waals surface area contributed by atoms with Gasteiger partial charge in [0.25, 0.3) is 0 Å². The fraction of sp³-hybridized carbons (Fsp3) is 0.565. The third-order valence-electron chi connectivity index (χ3n) is 7.30. The lowest BCUT2D eigenvalue weighted by atomic mass is 9.99. The van der Waals surface area contributed by atoms with Gasteiger partial charge in [-0.05, 0) is 24.6 Å². The largest absolute Gasteiger partial charge is 0.490 e. The van der Waals surface area contributed by atoms with Gasteiger partial charge in [-0.2, -0.15) is 13.2 Å². The van der Waals surface area contributed by atoms with Crippen LogP contribution in [0.4, 0.5) is 18.9 Å². The number of ether oxygens (including phenoxy) is 1. The zero-order chi connectivity index (χ0) is 26.5. The molecule has 200 valence electrons. The Morgan fingerprint density at radius 3 is 2.46 bits per heavy atom. The number of nitrogens with one attached hydrogen (secondary N) is 2. The number of nitrogens with zero attached hydrogens (tertiary/aromatic N) is 4. The van der Waals surface area contributed by atoms with Gasteiger partial charge in [0.1, 0.15) is 6.04 Å². The number of carbonyl (C=O) groups excluding carboxylic acids is 3. The Hall–Kier alpha value is -3.39. The minimum atomic E-state index is -5.01. The molecule has 3 saturated heterocycles. The molecule has 0 aliphatic carbocycles. The molecule has 5 rings (SSSR count). The number of aromatic nitrogens is 2. The lowest BCUT2D eigenvalue weighted by Crippen LogP contribution is -2.61. The van der Waals surface area contributed by atoms with Crippen LogP contribution in [0.25, 0.3) is 11.0 Å². The van der Waals surface area contributed by atoms with E-state index >= 15 is 0 Å². The molecule has 0 radical (unpaired) electrons. The van der Waals surface area contributed by atoms with Crippen LogP contribution < -0.4 is 21.2 Å². The van der Waals surface area contributed by atoms with Gasteiger partial charge < -0.3 is 9.64 Å². The molecule has 3 aliphatic heterocycles. The fourth-order valence-corrected chi connectivity index (χ4v) is 5.16. The minimum Gasteiger partial charge on any atom is -0.440 e. The third kappa shape index (κ3) is 4.82. The lowest BCUT2D eigenvalue weighted by Gasteiger charge is -2.42. The first-order chi connectivity index (χ1) is 17.5. The first kappa shape index (κ1) is 25.3. The fourth-order valence-electron chi connectivity index (χ4n) is 5.16. The number of esters is 1. The molecule has 11 nitrogen and oxygen atoms in total. The maximum atomic E-state index is 13.0. The number of amides is 2. The van der Waals surface area contributed by atoms with E-state index in [0.29, 0.717) is 50.3 Å². The lowest BCUT2D eigenvalue weighted by molar-refractivity contribution is -0.214. The van der Waals surface area contributed by atoms with E-state index in [4.69, 9.17) is 0 Å². The number of carbonyl (C=O) groups is 3. The van der Waals surface area contributed by atoms with Crippen molar-refractivity contribution >= 4 is 34.5 Å². The van der Waals surface area contributed by atoms with Crippen molar-refractivity contribution in [1.82, 2.24) is 24.7 Å². The summed E-state index contributed by atoms with van der Waals surface area (Å²) in [4.78, 5) is 52.3. The van der Waals surface area contributed by atoms with Gasteiger partial charge in [0.15, 0.2) is 6.23 Å². The van der Waals surface area contributed by atoms with Crippen LogP contribution in [0.2, 0.25) is 0 Å². The molecule has 0 bridgehead atoms. The normalized spacial score (nSPS) is 25.2. The van der Waals surface area contributed by atoms with Crippen molar-refractivity contribution in [1.29, 1.82) is 0 Å². The van der Waals surface area contributed by atoms with Crippen LogP contribution in [-0.2, 0) is 26.2 Å². The second-order valence-electron chi connectivity index (χ2n) is 9.63. The van der Waals surface area contributed by atoms with Gasteiger partial charge in [-0.15, -0.1) is 0 Å². The highest BCUT2D eigenvalue weighted by atomic mass is 19.4. The van der Waals surface area contributed by atoms with Gasteiger partial charge >= 0.3 is 17.8 Å². The minimum absolute atomic E-state index is 0.171. The number of rotatable bonds is 5. The van der Waals surface area contributed by atoms with Gasteiger partial charge in [-0.25, -0.2) is 9.59 Å². The Morgan fingerprint density at radius 2 is 1.84 bits per heavy atom. The monoisotopic (exact) mass is 524 g/mol. The molecular weight excluding hydrogens is 497 g/mol. The van der Waals surface area contributed by atoms with Crippen molar-refractivity contribution in [3.63, 3.8) is 0 Å². The number of aryl methyl sites for hydroxylation is 1. The van der Waals surface area contributed by atoms with Gasteiger partial charge in [0, 0.05) is 64.3 Å². The summed E-state index contributed by atoms with van der Waals surface area (Å²) in [5.41, 5.74) is 1.86. The molecule has 3 aliphatic rings. The van der Waals surface area contributed by atoms with Gasteiger partial charge in [-0.3, -0.25) is 34.3 Å². The summed E-state index contributed by atoms with van der Waals surface area (Å²) in [6.45, 7) is 3.67. The molecule has 3 fully saturated rings. The van der Waals surface area contributed by atoms with Gasteiger partial charge in [0.2, 0.25) is 11.8 Å². The zero-order valence-corrected chi connectivity index (χ0v) is 20.1. The molecular formula is C23H27F3N6O5. The summed E-state index contributed by atoms with van der Waals surface area (Å²) in [6.07, 6.45) is -5.52. The quantitative estimate of drug-likeness (QED) is 0.418. The number of fused-ring (bicyclic) bond motifs is 1. The number of halogens is 3. The number of alkyl halides is 3. The average Bonchev–Trinajstić information content (AvgIpc) is 3.09. The summed E-state index contributed by atoms with van der Waals surface area (Å²) >= 11 is 0. The van der Waals surface area contributed by atoms with E-state index in [1.54, 1.807) is 7.05 Å². The average molecular weight is 525 g/mol. The molecule has 4 heterocycles. The number of anilines is 1. The second-order valence-corrected chi connectivity index (χ2v) is 9.63. The van der Waals surface area contributed by atoms with Crippen LogP contribution in [-0.4, -0.2) is 83.5 Å². The summed E-state index contributed by atoms with van der Waals surface area (Å²) in [5.74, 6) is -3.22. The molecule has 0 spiro atoms. The topological polar surface area (TPSA) is 118 Å². The predicted octanol–water partition coefficient (Wildman–Crippen LogP) is 0.0907. The van der Waals surface area contributed by atoms with Crippen molar-refractivity contribution in [2.75, 3.05) is 44.2 Å². The van der Waals surface area contributed by atoms with Crippen LogP contribution >= 0.6 is 0 Å². The highest BCUT2D eigenvalue weighted by molar-refractivity contribution is 6.00. The first-order valence-corrected chi connectivity index (χ1v) is 12.1. The molecule has 14 heteroatoms. The highest BCUT2D eigenvalue weighted by Gasteiger charge is 2.45. The van der Waals surface area contributed by atoms with E-state index in [1.165, 1.54) is 9.13 Å². The Morgan fingerprint density at radius 1 is 1.11 bits per heavy atom. The molecule has 2 N–H and O–H groups in total. The van der Waals surface area contributed by atoms with Crippen molar-refractivity contribution < 1.29 is 32.3 Å². The van der Waals surface area contributed by atoms with E-state index in [0.717, 1.165) is 5.69 Å². The van der Waals surface area contributed by atoms with E-state index in [1.807, 2.05) is 18.2 Å². The molecule has 37 heavy (non-hydrogen) atoms. The first-order valence-electron chi connectivity index (χ1n) is 12.1. The molecule has 2 amide bonds. The smallest absolute Gasteiger partial charge is 0.440 e. The van der Waals surface area contributed by atoms with E-state index in [2.05, 4.69) is 25.2 Å². The molecule has 1 aromatic carbocycles. The van der Waals surface area contributed by atoms with E-state index in [-0.39, 0.29) is 30.4 Å². The highest BCUT2D eigenvalue weighted by Crippen LogP contribution is 2.28. The van der Waals surface area contributed by atoms with Gasteiger partial charge in [-0.1, -0.05) is 0 Å². The Balaban J connectivity index is 1.23. The Bertz CT molecular complexity index is 1300. The number of piperazine rings is 1. The molecule has 1 aromatic heterocycles. The predicted molar refractivity (Wildman–Crippen MR) is 125 cm³/mol. The Kier molecular flexibility index (Phi) is 6.48. The summed E-state index contributed by atoms with van der Waals surface area (Å²) in [5, 5.41) is 5.03. The number of hydrogen-bond donors (Lipinski definition) is 2. The van der Waals surface area contributed by atoms with Crippen LogP contribution in [0.3, 0.4) is 0 Å². The maximum Gasteiger partial charge on any atom is 0.490 e. The summed E-state index contributed by atoms with van der Waals surface area (Å²) in [6, 6.07) is 4.85. The standard InChI is InChI=1S/C23H27F3N6O5/c1-29-17-10-14(2-3-15(17)32(22(29)36)16-4-5-18(33)28-19(16)34)31-8-6-30(7-9-31)12-13-11-27-20(13)37-21(35)23(24,25)26/h2-3,10,13,16,20,27H,4-9,11-12H2,1H3,(H,28,33,34).